The van der Waals surface area contributed by atoms with Crippen LogP contribution in [-0.2, 0) is 6.42 Å². The van der Waals surface area contributed by atoms with Gasteiger partial charge >= 0.3 is 0 Å². The van der Waals surface area contributed by atoms with Gasteiger partial charge in [0.2, 0.25) is 0 Å². The molecule has 0 aromatic heterocycles. The molecule has 2 heterocycles. The molecule has 1 N–H and O–H groups in total. The number of nitrogens with one attached hydrogen (secondary N) is 1. The molecule has 0 saturated carbocycles. The monoisotopic (exact) mass is 290 g/mol. The molecule has 1 aromatic rings. The average molecular weight is 290 g/mol. The maximum Gasteiger partial charge on any atom is 0.0263 e. The van der Waals surface area contributed by atoms with E-state index in [1.165, 1.54) is 37.2 Å². The zero-order chi connectivity index (χ0) is 13.9. The Balaban J connectivity index is 1.53. The lowest BCUT2D eigenvalue weighted by Crippen LogP contribution is -2.42. The van der Waals surface area contributed by atoms with Crippen LogP contribution < -0.4 is 5.32 Å². The molecule has 2 nitrogen and oxygen atoms in total. The van der Waals surface area contributed by atoms with Gasteiger partial charge in [-0.05, 0) is 37.4 Å². The number of hydrogen-bond acceptors (Lipinski definition) is 3. The first-order chi connectivity index (χ1) is 9.72. The Labute approximate surface area is 127 Å². The Morgan fingerprint density at radius 2 is 2.20 bits per heavy atom. The van der Waals surface area contributed by atoms with Crippen molar-refractivity contribution in [3.05, 3.63) is 29.8 Å². The van der Waals surface area contributed by atoms with E-state index in [-0.39, 0.29) is 0 Å². The van der Waals surface area contributed by atoms with Crippen molar-refractivity contribution < 1.29 is 0 Å². The number of likely N-dealkylation sites (tertiary alicyclic amines) is 1. The van der Waals surface area contributed by atoms with Gasteiger partial charge in [-0.15, -0.1) is 11.8 Å². The van der Waals surface area contributed by atoms with Crippen molar-refractivity contribution in [3.63, 3.8) is 0 Å². The zero-order valence-corrected chi connectivity index (χ0v) is 13.5. The molecule has 0 radical (unpaired) electrons. The number of thioether (sulfide) groups is 1. The summed E-state index contributed by atoms with van der Waals surface area (Å²) in [7, 11) is 0. The predicted octanol–water partition coefficient (Wildman–Crippen LogP) is 3.17. The lowest BCUT2D eigenvalue weighted by Gasteiger charge is -2.27. The van der Waals surface area contributed by atoms with E-state index in [0.717, 1.165) is 17.8 Å². The summed E-state index contributed by atoms with van der Waals surface area (Å²) in [6, 6.07) is 10.3. The van der Waals surface area contributed by atoms with Crippen molar-refractivity contribution in [1.29, 1.82) is 0 Å². The topological polar surface area (TPSA) is 15.3 Å². The first-order valence-corrected chi connectivity index (χ1v) is 8.82. The van der Waals surface area contributed by atoms with Crippen molar-refractivity contribution in [1.82, 2.24) is 10.2 Å². The van der Waals surface area contributed by atoms with Gasteiger partial charge in [0.1, 0.15) is 0 Å². The van der Waals surface area contributed by atoms with E-state index in [4.69, 9.17) is 0 Å². The highest BCUT2D eigenvalue weighted by molar-refractivity contribution is 8.00. The van der Waals surface area contributed by atoms with E-state index in [1.807, 2.05) is 0 Å². The normalized spacial score (nSPS) is 26.4. The van der Waals surface area contributed by atoms with Crippen LogP contribution in [0.3, 0.4) is 0 Å². The van der Waals surface area contributed by atoms with Crippen molar-refractivity contribution in [2.75, 3.05) is 19.6 Å². The van der Waals surface area contributed by atoms with Gasteiger partial charge in [0.05, 0.1) is 0 Å². The van der Waals surface area contributed by atoms with Crippen LogP contribution in [0.25, 0.3) is 0 Å². The minimum Gasteiger partial charge on any atom is -0.313 e. The Morgan fingerprint density at radius 1 is 1.35 bits per heavy atom. The van der Waals surface area contributed by atoms with Crippen LogP contribution in [0.5, 0.6) is 0 Å². The number of rotatable bonds is 5. The quantitative estimate of drug-likeness (QED) is 0.897. The molecule has 20 heavy (non-hydrogen) atoms. The summed E-state index contributed by atoms with van der Waals surface area (Å²) in [6.07, 6.45) is 3.99. The van der Waals surface area contributed by atoms with Crippen LogP contribution in [0.4, 0.5) is 0 Å². The number of hydrogen-bond donors (Lipinski definition) is 1. The molecule has 1 saturated heterocycles. The van der Waals surface area contributed by atoms with Gasteiger partial charge in [-0.2, -0.15) is 0 Å². The first-order valence-electron chi connectivity index (χ1n) is 7.94. The summed E-state index contributed by atoms with van der Waals surface area (Å²) in [6.45, 7) is 8.18. The third-order valence-corrected chi connectivity index (χ3v) is 5.71. The van der Waals surface area contributed by atoms with Crippen LogP contribution in [-0.4, -0.2) is 41.9 Å². The largest absolute Gasteiger partial charge is 0.313 e. The molecule has 1 aromatic carbocycles. The van der Waals surface area contributed by atoms with Crippen LogP contribution in [0.1, 0.15) is 32.3 Å². The fourth-order valence-electron chi connectivity index (χ4n) is 3.36. The Morgan fingerprint density at radius 3 is 3.00 bits per heavy atom. The van der Waals surface area contributed by atoms with E-state index < -0.39 is 0 Å². The maximum atomic E-state index is 3.61. The molecule has 2 aliphatic heterocycles. The summed E-state index contributed by atoms with van der Waals surface area (Å²) < 4.78 is 0. The number of nitrogens with zero attached hydrogens (tertiary/aromatic N) is 1. The third-order valence-electron chi connectivity index (χ3n) is 4.41. The van der Waals surface area contributed by atoms with Crippen LogP contribution in [0, 0.1) is 0 Å². The summed E-state index contributed by atoms with van der Waals surface area (Å²) in [5, 5.41) is 4.37. The van der Waals surface area contributed by atoms with Crippen LogP contribution in [0.2, 0.25) is 0 Å². The minimum atomic E-state index is 0.600. The highest BCUT2D eigenvalue weighted by atomic mass is 32.2. The Bertz CT molecular complexity index is 421. The maximum absolute atomic E-state index is 3.61. The molecule has 0 bridgehead atoms. The highest BCUT2D eigenvalue weighted by Gasteiger charge is 2.29. The van der Waals surface area contributed by atoms with Gasteiger partial charge in [0.25, 0.3) is 0 Å². The molecule has 110 valence electrons. The summed E-state index contributed by atoms with van der Waals surface area (Å²) in [4.78, 5) is 4.23. The molecule has 1 fully saturated rings. The summed E-state index contributed by atoms with van der Waals surface area (Å²) >= 11 is 2.09. The van der Waals surface area contributed by atoms with E-state index in [9.17, 15) is 0 Å². The summed E-state index contributed by atoms with van der Waals surface area (Å²) in [5.74, 6) is 0. The average Bonchev–Trinajstić information content (AvgIpc) is 3.02. The van der Waals surface area contributed by atoms with Crippen molar-refractivity contribution >= 4 is 11.8 Å². The molecular formula is C17H26N2S. The van der Waals surface area contributed by atoms with Crippen molar-refractivity contribution in [2.45, 2.75) is 55.3 Å². The van der Waals surface area contributed by atoms with E-state index in [2.05, 4.69) is 60.1 Å². The smallest absolute Gasteiger partial charge is 0.0263 e. The Kier molecular flexibility index (Phi) is 4.69. The first kappa shape index (κ1) is 14.4. The van der Waals surface area contributed by atoms with Gasteiger partial charge in [-0.25, -0.2) is 0 Å². The lowest BCUT2D eigenvalue weighted by atomic mass is 10.1. The van der Waals surface area contributed by atoms with E-state index >= 15 is 0 Å². The van der Waals surface area contributed by atoms with Gasteiger partial charge in [0, 0.05) is 35.3 Å². The second-order valence-electron chi connectivity index (χ2n) is 6.41. The van der Waals surface area contributed by atoms with Crippen molar-refractivity contribution in [2.24, 2.45) is 0 Å². The Hall–Kier alpha value is -0.510. The second kappa shape index (κ2) is 6.50. The summed E-state index contributed by atoms with van der Waals surface area (Å²) in [5.41, 5.74) is 1.55. The fourth-order valence-corrected chi connectivity index (χ4v) is 4.70. The predicted molar refractivity (Wildman–Crippen MR) is 87.5 cm³/mol. The lowest BCUT2D eigenvalue weighted by molar-refractivity contribution is 0.245. The number of benzene rings is 1. The van der Waals surface area contributed by atoms with Gasteiger partial charge < -0.3 is 5.32 Å². The SMILES string of the molecule is CC(C)NCC1CCCN1CC1Cc2ccccc2S1. The van der Waals surface area contributed by atoms with Crippen molar-refractivity contribution in [3.8, 4) is 0 Å². The van der Waals surface area contributed by atoms with Crippen LogP contribution >= 0.6 is 11.8 Å². The molecule has 0 amide bonds. The van der Waals surface area contributed by atoms with E-state index in [1.54, 1.807) is 5.56 Å². The molecule has 2 unspecified atom stereocenters. The molecule has 2 atom stereocenters. The van der Waals surface area contributed by atoms with Gasteiger partial charge in [0.15, 0.2) is 0 Å². The third kappa shape index (κ3) is 3.38. The molecule has 3 rings (SSSR count). The second-order valence-corrected chi connectivity index (χ2v) is 7.75. The molecule has 0 aliphatic carbocycles. The molecule has 3 heteroatoms. The molecule has 0 spiro atoms. The van der Waals surface area contributed by atoms with Gasteiger partial charge in [-0.1, -0.05) is 32.0 Å². The van der Waals surface area contributed by atoms with Gasteiger partial charge in [-0.3, -0.25) is 4.90 Å². The standard InChI is InChI=1S/C17H26N2S/c1-13(2)18-11-15-7-5-9-19(15)12-16-10-14-6-3-4-8-17(14)20-16/h3-4,6,8,13,15-16,18H,5,7,9-12H2,1-2H3. The molecular weight excluding hydrogens is 264 g/mol. The zero-order valence-electron chi connectivity index (χ0n) is 12.6. The van der Waals surface area contributed by atoms with Crippen LogP contribution in [0.15, 0.2) is 29.2 Å². The fraction of sp³-hybridized carbons (Fsp3) is 0.647. The minimum absolute atomic E-state index is 0.600. The molecule has 2 aliphatic rings. The highest BCUT2D eigenvalue weighted by Crippen LogP contribution is 2.37. The number of fused-ring (bicyclic) bond motifs is 1. The van der Waals surface area contributed by atoms with E-state index in [0.29, 0.717) is 6.04 Å².